The van der Waals surface area contributed by atoms with Crippen LogP contribution in [0.3, 0.4) is 0 Å². The quantitative estimate of drug-likeness (QED) is 0.759. The van der Waals surface area contributed by atoms with Crippen molar-refractivity contribution in [3.63, 3.8) is 0 Å². The third-order valence-corrected chi connectivity index (χ3v) is 7.93. The molecule has 0 saturated carbocycles. The number of benzene rings is 2. The lowest BCUT2D eigenvalue weighted by Crippen LogP contribution is -2.57. The van der Waals surface area contributed by atoms with Crippen LogP contribution in [0.4, 0.5) is 5.69 Å². The molecule has 1 unspecified atom stereocenters. The number of nitrogens with zero attached hydrogens (tertiary/aromatic N) is 2. The molecule has 2 aliphatic heterocycles. The van der Waals surface area contributed by atoms with Gasteiger partial charge in [0, 0.05) is 24.8 Å². The summed E-state index contributed by atoms with van der Waals surface area (Å²) in [6.45, 7) is 2.63. The van der Waals surface area contributed by atoms with E-state index >= 15 is 0 Å². The predicted octanol–water partition coefficient (Wildman–Crippen LogP) is 4.40. The van der Waals surface area contributed by atoms with Crippen LogP contribution >= 0.6 is 12.4 Å². The molecule has 2 heterocycles. The number of hydrogen-bond donors (Lipinski definition) is 1. The first-order chi connectivity index (χ1) is 14.7. The summed E-state index contributed by atoms with van der Waals surface area (Å²) in [7, 11) is 0. The molecule has 1 N–H and O–H groups in total. The van der Waals surface area contributed by atoms with E-state index in [-0.39, 0.29) is 23.9 Å². The van der Waals surface area contributed by atoms with E-state index in [9.17, 15) is 4.79 Å². The lowest BCUT2D eigenvalue weighted by molar-refractivity contribution is -0.125. The molecule has 4 nitrogen and oxygen atoms in total. The van der Waals surface area contributed by atoms with Gasteiger partial charge in [0.05, 0.1) is 6.67 Å². The van der Waals surface area contributed by atoms with E-state index in [1.807, 2.05) is 6.07 Å². The number of para-hydroxylation sites is 1. The van der Waals surface area contributed by atoms with Crippen molar-refractivity contribution in [1.82, 2.24) is 10.2 Å². The highest BCUT2D eigenvalue weighted by molar-refractivity contribution is 5.93. The summed E-state index contributed by atoms with van der Waals surface area (Å²) in [4.78, 5) is 17.9. The topological polar surface area (TPSA) is 35.6 Å². The number of likely N-dealkylation sites (tertiary alicyclic amines) is 1. The van der Waals surface area contributed by atoms with Crippen molar-refractivity contribution < 1.29 is 4.79 Å². The average Bonchev–Trinajstić information content (AvgIpc) is 3.37. The number of aryl methyl sites for hydroxylation is 1. The molecule has 31 heavy (non-hydrogen) atoms. The summed E-state index contributed by atoms with van der Waals surface area (Å²) in [5, 5.41) is 3.12. The largest absolute Gasteiger partial charge is 0.339 e. The van der Waals surface area contributed by atoms with Crippen molar-refractivity contribution in [1.29, 1.82) is 0 Å². The maximum absolute atomic E-state index is 12.9. The Labute approximate surface area is 190 Å². The Morgan fingerprint density at radius 2 is 1.65 bits per heavy atom. The zero-order valence-electron chi connectivity index (χ0n) is 17.8. The zero-order chi connectivity index (χ0) is 20.1. The third kappa shape index (κ3) is 3.28. The molecule has 0 aromatic heterocycles. The highest BCUT2D eigenvalue weighted by Gasteiger charge is 2.51. The molecule has 2 saturated heterocycles. The first-order valence-electron chi connectivity index (χ1n) is 11.4. The Hall–Kier alpha value is -2.30. The van der Waals surface area contributed by atoms with Crippen molar-refractivity contribution in [2.24, 2.45) is 0 Å². The molecule has 4 aliphatic rings. The molecular formula is C26H30ClN3O. The average molecular weight is 436 g/mol. The van der Waals surface area contributed by atoms with Crippen molar-refractivity contribution >= 4 is 29.6 Å². The van der Waals surface area contributed by atoms with Crippen molar-refractivity contribution in [3.8, 4) is 0 Å². The van der Waals surface area contributed by atoms with Gasteiger partial charge in [-0.05, 0) is 67.4 Å². The van der Waals surface area contributed by atoms with Crippen LogP contribution in [0.2, 0.25) is 0 Å². The Kier molecular flexibility index (Phi) is 5.31. The standard InChI is InChI=1S/C26H29N3O.ClH/c30-25-26(29(18-27-25)21-7-2-1-3-8-21)12-14-28(15-13-26)22-16-20-11-10-19-6-4-5-9-23(19)24(20)17-22;/h1-9,22H,10-18H2,(H,27,30);1H. The summed E-state index contributed by atoms with van der Waals surface area (Å²) in [5.41, 5.74) is 7.10. The molecule has 1 amide bonds. The highest BCUT2D eigenvalue weighted by atomic mass is 35.5. The number of piperidine rings is 1. The molecule has 2 aromatic carbocycles. The van der Waals surface area contributed by atoms with Gasteiger partial charge in [-0.1, -0.05) is 48.0 Å². The maximum Gasteiger partial charge on any atom is 0.247 e. The number of fused-ring (bicyclic) bond motifs is 2. The van der Waals surface area contributed by atoms with Gasteiger partial charge >= 0.3 is 0 Å². The molecule has 1 spiro atoms. The van der Waals surface area contributed by atoms with Crippen molar-refractivity contribution in [2.45, 2.75) is 50.1 Å². The number of hydrogen-bond acceptors (Lipinski definition) is 3. The van der Waals surface area contributed by atoms with Crippen LogP contribution in [0, 0.1) is 0 Å². The van der Waals surface area contributed by atoms with E-state index < -0.39 is 0 Å². The van der Waals surface area contributed by atoms with E-state index in [0.717, 1.165) is 31.6 Å². The van der Waals surface area contributed by atoms with Crippen LogP contribution in [0.5, 0.6) is 0 Å². The summed E-state index contributed by atoms with van der Waals surface area (Å²) in [6.07, 6.45) is 6.62. The van der Waals surface area contributed by atoms with E-state index in [4.69, 9.17) is 0 Å². The molecule has 2 aliphatic carbocycles. The summed E-state index contributed by atoms with van der Waals surface area (Å²) in [6, 6.07) is 20.0. The van der Waals surface area contributed by atoms with Gasteiger partial charge in [-0.15, -0.1) is 12.4 Å². The second-order valence-electron chi connectivity index (χ2n) is 9.30. The molecule has 0 radical (unpaired) electrons. The number of carbonyl (C=O) groups is 1. The van der Waals surface area contributed by atoms with Gasteiger partial charge in [0.2, 0.25) is 5.91 Å². The smallest absolute Gasteiger partial charge is 0.247 e. The van der Waals surface area contributed by atoms with Gasteiger partial charge in [0.25, 0.3) is 0 Å². The van der Waals surface area contributed by atoms with Gasteiger partial charge in [-0.3, -0.25) is 9.69 Å². The number of carbonyl (C=O) groups excluding carboxylic acids is 1. The van der Waals surface area contributed by atoms with Crippen molar-refractivity contribution in [3.05, 3.63) is 71.3 Å². The molecule has 0 bridgehead atoms. The van der Waals surface area contributed by atoms with E-state index in [1.54, 1.807) is 11.1 Å². The summed E-state index contributed by atoms with van der Waals surface area (Å²) in [5.74, 6) is 0.212. The van der Waals surface area contributed by atoms with Gasteiger partial charge in [-0.2, -0.15) is 0 Å². The van der Waals surface area contributed by atoms with Gasteiger partial charge < -0.3 is 10.2 Å². The van der Waals surface area contributed by atoms with Crippen molar-refractivity contribution in [2.75, 3.05) is 24.7 Å². The van der Waals surface area contributed by atoms with E-state index in [0.29, 0.717) is 12.7 Å². The lowest BCUT2D eigenvalue weighted by atomic mass is 9.85. The molecule has 2 fully saturated rings. The lowest BCUT2D eigenvalue weighted by Gasteiger charge is -2.45. The Balaban J connectivity index is 0.00000204. The van der Waals surface area contributed by atoms with Gasteiger partial charge in [0.15, 0.2) is 0 Å². The van der Waals surface area contributed by atoms with Crippen LogP contribution < -0.4 is 10.2 Å². The minimum atomic E-state index is -0.379. The van der Waals surface area contributed by atoms with Gasteiger partial charge in [-0.25, -0.2) is 0 Å². The number of rotatable bonds is 2. The van der Waals surface area contributed by atoms with Crippen LogP contribution in [-0.4, -0.2) is 42.1 Å². The predicted molar refractivity (Wildman–Crippen MR) is 127 cm³/mol. The highest BCUT2D eigenvalue weighted by Crippen LogP contribution is 2.45. The Morgan fingerprint density at radius 1 is 0.903 bits per heavy atom. The fraction of sp³-hybridized carbons (Fsp3) is 0.423. The third-order valence-electron chi connectivity index (χ3n) is 7.93. The van der Waals surface area contributed by atoms with E-state index in [2.05, 4.69) is 63.6 Å². The fourth-order valence-corrected chi connectivity index (χ4v) is 6.28. The molecule has 6 rings (SSSR count). The minimum Gasteiger partial charge on any atom is -0.339 e. The second kappa shape index (κ2) is 7.99. The SMILES string of the molecule is Cl.O=C1NCN(c2ccccc2)C12CCN(C1CC3=C(C1)c1ccccc1CC3)CC2. The molecule has 5 heteroatoms. The first kappa shape index (κ1) is 20.6. The zero-order valence-corrected chi connectivity index (χ0v) is 18.7. The van der Waals surface area contributed by atoms with Crippen LogP contribution in [-0.2, 0) is 11.2 Å². The molecule has 2 aromatic rings. The summed E-state index contributed by atoms with van der Waals surface area (Å²) >= 11 is 0. The normalized spacial score (nSPS) is 24.6. The monoisotopic (exact) mass is 435 g/mol. The Bertz CT molecular complexity index is 1010. The van der Waals surface area contributed by atoms with Crippen LogP contribution in [0.1, 0.15) is 43.2 Å². The van der Waals surface area contributed by atoms with Crippen LogP contribution in [0.25, 0.3) is 5.57 Å². The maximum atomic E-state index is 12.9. The fourth-order valence-electron chi connectivity index (χ4n) is 6.28. The van der Waals surface area contributed by atoms with Crippen LogP contribution in [0.15, 0.2) is 60.2 Å². The second-order valence-corrected chi connectivity index (χ2v) is 9.30. The molecule has 1 atom stereocenters. The molecule has 162 valence electrons. The number of nitrogens with one attached hydrogen (secondary N) is 1. The van der Waals surface area contributed by atoms with Gasteiger partial charge in [0.1, 0.15) is 5.54 Å². The Morgan fingerprint density at radius 3 is 2.45 bits per heavy atom. The molecular weight excluding hydrogens is 406 g/mol. The first-order valence-corrected chi connectivity index (χ1v) is 11.4. The number of halogens is 1. The summed E-state index contributed by atoms with van der Waals surface area (Å²) < 4.78 is 0. The van der Waals surface area contributed by atoms with E-state index in [1.165, 1.54) is 36.8 Å². The number of anilines is 1. The minimum absolute atomic E-state index is 0. The number of amides is 1.